The summed E-state index contributed by atoms with van der Waals surface area (Å²) < 4.78 is 0. The molecule has 25 heavy (non-hydrogen) atoms. The van der Waals surface area contributed by atoms with Gasteiger partial charge in [-0.1, -0.05) is 36.2 Å². The van der Waals surface area contributed by atoms with Crippen molar-refractivity contribution < 1.29 is 14.7 Å². The monoisotopic (exact) mass is 363 g/mol. The zero-order chi connectivity index (χ0) is 18.5. The molecule has 1 aromatic rings. The Morgan fingerprint density at radius 1 is 1.20 bits per heavy atom. The quantitative estimate of drug-likeness (QED) is 0.318. The molecule has 0 aliphatic rings. The van der Waals surface area contributed by atoms with Crippen molar-refractivity contribution in [3.05, 3.63) is 46.6 Å². The lowest BCUT2D eigenvalue weighted by molar-refractivity contribution is -0.137. The number of carbonyl (C=O) groups excluding carboxylic acids is 1. The number of halogens is 1. The molecule has 0 bridgehead atoms. The number of benzene rings is 1. The highest BCUT2D eigenvalue weighted by molar-refractivity contribution is 6.31. The summed E-state index contributed by atoms with van der Waals surface area (Å²) in [5.41, 5.74) is 0.999. The molecule has 0 aliphatic carbocycles. The van der Waals surface area contributed by atoms with Gasteiger partial charge in [0.1, 0.15) is 11.6 Å². The summed E-state index contributed by atoms with van der Waals surface area (Å²) in [4.78, 5) is 22.3. The fourth-order valence-corrected chi connectivity index (χ4v) is 2.34. The average Bonchev–Trinajstić information content (AvgIpc) is 2.59. The number of hydrogen-bond donors (Lipinski definition) is 3. The van der Waals surface area contributed by atoms with Gasteiger partial charge in [0, 0.05) is 30.7 Å². The van der Waals surface area contributed by atoms with Crippen molar-refractivity contribution in [3.63, 3.8) is 0 Å². The number of amides is 1. The number of nitrogens with one attached hydrogen (secondary N) is 2. The molecule has 3 N–H and O–H groups in total. The lowest BCUT2D eigenvalue weighted by atomic mass is 10.1. The first kappa shape index (κ1) is 20.5. The van der Waals surface area contributed by atoms with Crippen molar-refractivity contribution in [2.24, 2.45) is 0 Å². The van der Waals surface area contributed by atoms with Gasteiger partial charge in [-0.25, -0.2) is 0 Å². The van der Waals surface area contributed by atoms with E-state index >= 15 is 0 Å². The summed E-state index contributed by atoms with van der Waals surface area (Å²) in [5.74, 6) is -1.26. The zero-order valence-corrected chi connectivity index (χ0v) is 14.7. The summed E-state index contributed by atoms with van der Waals surface area (Å²) in [6, 6.07) is 9.37. The van der Waals surface area contributed by atoms with Crippen molar-refractivity contribution in [2.75, 3.05) is 13.1 Å². The largest absolute Gasteiger partial charge is 0.481 e. The number of nitriles is 1. The van der Waals surface area contributed by atoms with Gasteiger partial charge < -0.3 is 15.7 Å². The van der Waals surface area contributed by atoms with Crippen LogP contribution in [-0.4, -0.2) is 30.1 Å². The molecular formula is C18H22ClN3O3. The number of rotatable bonds is 11. The minimum Gasteiger partial charge on any atom is -0.481 e. The Morgan fingerprint density at radius 3 is 2.64 bits per heavy atom. The Labute approximate surface area is 152 Å². The van der Waals surface area contributed by atoms with Gasteiger partial charge in [0.25, 0.3) is 5.91 Å². The minimum absolute atomic E-state index is 0.00435. The summed E-state index contributed by atoms with van der Waals surface area (Å²) in [6.45, 7) is 0.967. The van der Waals surface area contributed by atoms with Gasteiger partial charge in [0.05, 0.1) is 0 Å². The first-order valence-electron chi connectivity index (χ1n) is 8.11. The number of nitrogens with zero attached hydrogens (tertiary/aromatic N) is 1. The summed E-state index contributed by atoms with van der Waals surface area (Å²) >= 11 is 6.06. The van der Waals surface area contributed by atoms with Crippen molar-refractivity contribution in [1.82, 2.24) is 10.6 Å². The molecule has 134 valence electrons. The summed E-state index contributed by atoms with van der Waals surface area (Å²) in [6.07, 6.45) is 4.19. The topological polar surface area (TPSA) is 102 Å². The third-order valence-electron chi connectivity index (χ3n) is 3.46. The van der Waals surface area contributed by atoms with Crippen LogP contribution in [0.3, 0.4) is 0 Å². The van der Waals surface area contributed by atoms with E-state index in [1.807, 2.05) is 30.3 Å². The first-order chi connectivity index (χ1) is 12.0. The Balaban J connectivity index is 2.28. The molecule has 0 aromatic heterocycles. The van der Waals surface area contributed by atoms with Crippen LogP contribution in [0, 0.1) is 11.3 Å². The van der Waals surface area contributed by atoms with Crippen molar-refractivity contribution in [2.45, 2.75) is 32.1 Å². The van der Waals surface area contributed by atoms with Crippen LogP contribution < -0.4 is 10.6 Å². The Bertz CT molecular complexity index is 653. The molecule has 6 nitrogen and oxygen atoms in total. The molecule has 0 spiro atoms. The van der Waals surface area contributed by atoms with E-state index in [0.717, 1.165) is 5.56 Å². The third kappa shape index (κ3) is 8.77. The van der Waals surface area contributed by atoms with Gasteiger partial charge in [0.15, 0.2) is 0 Å². The maximum Gasteiger partial charge on any atom is 0.303 e. The van der Waals surface area contributed by atoms with Crippen LogP contribution in [0.4, 0.5) is 0 Å². The van der Waals surface area contributed by atoms with E-state index in [1.54, 1.807) is 0 Å². The Morgan fingerprint density at radius 2 is 1.96 bits per heavy atom. The van der Waals surface area contributed by atoms with Crippen molar-refractivity contribution in [3.8, 4) is 6.07 Å². The maximum absolute atomic E-state index is 11.9. The molecule has 1 aromatic carbocycles. The summed E-state index contributed by atoms with van der Waals surface area (Å²) in [5, 5.41) is 23.9. The fraction of sp³-hybridized carbons (Fsp3) is 0.389. The maximum atomic E-state index is 11.9. The smallest absolute Gasteiger partial charge is 0.303 e. The number of carboxylic acids is 1. The molecular weight excluding hydrogens is 342 g/mol. The van der Waals surface area contributed by atoms with Gasteiger partial charge >= 0.3 is 5.97 Å². The molecule has 1 rings (SSSR count). The van der Waals surface area contributed by atoms with Gasteiger partial charge in [-0.15, -0.1) is 0 Å². The van der Waals surface area contributed by atoms with E-state index in [0.29, 0.717) is 43.8 Å². The fourth-order valence-electron chi connectivity index (χ4n) is 2.11. The highest BCUT2D eigenvalue weighted by atomic mass is 35.5. The van der Waals surface area contributed by atoms with E-state index in [1.165, 1.54) is 6.20 Å². The van der Waals surface area contributed by atoms with E-state index in [-0.39, 0.29) is 12.0 Å². The Hall–Kier alpha value is -2.52. The van der Waals surface area contributed by atoms with Gasteiger partial charge in [-0.3, -0.25) is 9.59 Å². The van der Waals surface area contributed by atoms with Gasteiger partial charge in [-0.2, -0.15) is 5.26 Å². The second kappa shape index (κ2) is 11.9. The Kier molecular flexibility index (Phi) is 9.79. The van der Waals surface area contributed by atoms with Crippen LogP contribution >= 0.6 is 11.6 Å². The molecule has 0 fully saturated rings. The van der Waals surface area contributed by atoms with Gasteiger partial charge in [0.2, 0.25) is 0 Å². The van der Waals surface area contributed by atoms with E-state index in [9.17, 15) is 9.59 Å². The van der Waals surface area contributed by atoms with E-state index in [4.69, 9.17) is 22.0 Å². The number of aliphatic carboxylic acids is 1. The van der Waals surface area contributed by atoms with Crippen LogP contribution in [0.5, 0.6) is 0 Å². The predicted molar refractivity (Wildman–Crippen MR) is 96.0 cm³/mol. The number of hydrogen-bond acceptors (Lipinski definition) is 4. The molecule has 0 aliphatic heterocycles. The summed E-state index contributed by atoms with van der Waals surface area (Å²) in [7, 11) is 0. The average molecular weight is 364 g/mol. The number of unbranched alkanes of at least 4 members (excludes halogenated alkanes) is 2. The lowest BCUT2D eigenvalue weighted by Crippen LogP contribution is -2.27. The SMILES string of the molecule is N#C/C(=C/NCCc1ccccc1Cl)C(=O)NCCCCCC(=O)O. The van der Waals surface area contributed by atoms with Crippen LogP contribution in [-0.2, 0) is 16.0 Å². The van der Waals surface area contributed by atoms with E-state index < -0.39 is 11.9 Å². The molecule has 0 saturated carbocycles. The molecule has 0 saturated heterocycles. The minimum atomic E-state index is -0.818. The molecule has 1 amide bonds. The van der Waals surface area contributed by atoms with Crippen LogP contribution in [0.15, 0.2) is 36.0 Å². The normalized spacial score (nSPS) is 10.8. The second-order valence-electron chi connectivity index (χ2n) is 5.43. The van der Waals surface area contributed by atoms with Crippen LogP contribution in [0.1, 0.15) is 31.2 Å². The molecule has 0 atom stereocenters. The molecule has 7 heteroatoms. The van der Waals surface area contributed by atoms with Gasteiger partial charge in [-0.05, 0) is 30.9 Å². The second-order valence-corrected chi connectivity index (χ2v) is 5.83. The number of carbonyl (C=O) groups is 2. The number of carboxylic acid groups (broad SMARTS) is 1. The lowest BCUT2D eigenvalue weighted by Gasteiger charge is -2.06. The molecule has 0 unspecified atom stereocenters. The van der Waals surface area contributed by atoms with Crippen LogP contribution in [0.2, 0.25) is 5.02 Å². The van der Waals surface area contributed by atoms with Crippen molar-refractivity contribution >= 4 is 23.5 Å². The third-order valence-corrected chi connectivity index (χ3v) is 3.83. The standard InChI is InChI=1S/C18H22ClN3O3/c19-16-7-4-3-6-14(16)9-11-21-13-15(12-20)18(25)22-10-5-1-2-8-17(23)24/h3-4,6-7,13,21H,1-2,5,8-11H2,(H,22,25)(H,23,24)/b15-13-. The van der Waals surface area contributed by atoms with E-state index in [2.05, 4.69) is 10.6 Å². The first-order valence-corrected chi connectivity index (χ1v) is 8.49. The van der Waals surface area contributed by atoms with Crippen LogP contribution in [0.25, 0.3) is 0 Å². The van der Waals surface area contributed by atoms with Crippen molar-refractivity contribution in [1.29, 1.82) is 5.26 Å². The molecule has 0 heterocycles. The highest BCUT2D eigenvalue weighted by Gasteiger charge is 2.07. The highest BCUT2D eigenvalue weighted by Crippen LogP contribution is 2.14. The predicted octanol–water partition coefficient (Wildman–Crippen LogP) is 2.64. The zero-order valence-electron chi connectivity index (χ0n) is 13.9. The molecule has 0 radical (unpaired) electrons.